The van der Waals surface area contributed by atoms with E-state index in [0.717, 1.165) is 22.0 Å². The van der Waals surface area contributed by atoms with Crippen LogP contribution >= 0.6 is 11.8 Å². The Labute approximate surface area is 153 Å². The summed E-state index contributed by atoms with van der Waals surface area (Å²) in [5, 5.41) is 0.921. The van der Waals surface area contributed by atoms with Gasteiger partial charge in [-0.05, 0) is 36.3 Å². The molecule has 2 N–H and O–H groups in total. The molecule has 5 nitrogen and oxygen atoms in total. The molecule has 0 aliphatic heterocycles. The number of anilines is 1. The zero-order valence-corrected chi connectivity index (χ0v) is 17.0. The maximum atomic E-state index is 11.5. The summed E-state index contributed by atoms with van der Waals surface area (Å²) < 4.78 is 0. The molecule has 0 saturated heterocycles. The predicted octanol–water partition coefficient (Wildman–Crippen LogP) is 3.78. The first-order valence-electron chi connectivity index (χ1n) is 8.35. The van der Waals surface area contributed by atoms with Crippen molar-refractivity contribution in [2.24, 2.45) is 0 Å². The lowest BCUT2D eigenvalue weighted by Crippen LogP contribution is -2.19. The summed E-state index contributed by atoms with van der Waals surface area (Å²) in [5.74, 6) is 1.42. The first kappa shape index (κ1) is 21.1. The predicted molar refractivity (Wildman–Crippen MR) is 108 cm³/mol. The van der Waals surface area contributed by atoms with E-state index in [4.69, 9.17) is 0 Å². The number of H-pyrrole nitrogens is 2. The van der Waals surface area contributed by atoms with Gasteiger partial charge in [-0.25, -0.2) is 0 Å². The molecule has 2 aromatic heterocycles. The topological polar surface area (TPSA) is 69.0 Å². The molecule has 0 aromatic carbocycles. The molecule has 0 atom stereocenters. The third kappa shape index (κ3) is 6.12. The van der Waals surface area contributed by atoms with Crippen LogP contribution in [-0.2, 0) is 0 Å². The molecule has 6 heteroatoms. The highest BCUT2D eigenvalue weighted by molar-refractivity contribution is 7.98. The maximum absolute atomic E-state index is 11.5. The van der Waals surface area contributed by atoms with Gasteiger partial charge in [-0.3, -0.25) is 9.59 Å². The third-order valence-electron chi connectivity index (χ3n) is 3.78. The van der Waals surface area contributed by atoms with Crippen molar-refractivity contribution in [2.45, 2.75) is 44.6 Å². The van der Waals surface area contributed by atoms with Crippen molar-refractivity contribution in [3.63, 3.8) is 0 Å². The molecule has 0 aliphatic carbocycles. The summed E-state index contributed by atoms with van der Waals surface area (Å²) >= 11 is 1.55. The van der Waals surface area contributed by atoms with Crippen molar-refractivity contribution >= 4 is 17.6 Å². The molecule has 0 aliphatic rings. The number of rotatable bonds is 4. The van der Waals surface area contributed by atoms with Gasteiger partial charge in [0.1, 0.15) is 5.82 Å². The molecular formula is C19H29N3O2S. The first-order chi connectivity index (χ1) is 11.7. The van der Waals surface area contributed by atoms with Crippen LogP contribution in [0, 0.1) is 0 Å². The van der Waals surface area contributed by atoms with Crippen LogP contribution in [0.1, 0.15) is 50.7 Å². The van der Waals surface area contributed by atoms with Gasteiger partial charge in [0.15, 0.2) is 0 Å². The number of nitrogens with zero attached hydrogens (tertiary/aromatic N) is 1. The minimum atomic E-state index is 0.0150. The maximum Gasteiger partial charge on any atom is 0.252 e. The second-order valence-electron chi connectivity index (χ2n) is 6.64. The Balaban J connectivity index is 0.000000251. The lowest BCUT2D eigenvalue weighted by atomic mass is 10.1. The molecule has 0 amide bonds. The molecule has 2 rings (SSSR count). The van der Waals surface area contributed by atoms with Crippen LogP contribution in [0.15, 0.2) is 38.9 Å². The van der Waals surface area contributed by atoms with Crippen LogP contribution in [0.2, 0.25) is 0 Å². The number of aromatic amines is 2. The van der Waals surface area contributed by atoms with Crippen molar-refractivity contribution in [3.05, 3.63) is 56.1 Å². The zero-order valence-electron chi connectivity index (χ0n) is 16.1. The Morgan fingerprint density at radius 3 is 1.68 bits per heavy atom. The minimum absolute atomic E-state index is 0.0150. The smallest absolute Gasteiger partial charge is 0.252 e. The van der Waals surface area contributed by atoms with E-state index in [9.17, 15) is 9.59 Å². The molecule has 2 heterocycles. The van der Waals surface area contributed by atoms with Gasteiger partial charge in [0, 0.05) is 25.2 Å². The van der Waals surface area contributed by atoms with Gasteiger partial charge in [0.05, 0.1) is 5.03 Å². The van der Waals surface area contributed by atoms with E-state index in [1.165, 1.54) is 0 Å². The molecule has 0 unspecified atom stereocenters. The highest BCUT2D eigenvalue weighted by Gasteiger charge is 2.05. The number of aromatic nitrogens is 2. The lowest BCUT2D eigenvalue weighted by molar-refractivity contribution is 0.833. The average molecular weight is 364 g/mol. The third-order valence-corrected chi connectivity index (χ3v) is 4.46. The van der Waals surface area contributed by atoms with E-state index >= 15 is 0 Å². The van der Waals surface area contributed by atoms with Gasteiger partial charge in [-0.2, -0.15) is 0 Å². The highest BCUT2D eigenvalue weighted by atomic mass is 32.2. The first-order valence-corrected chi connectivity index (χ1v) is 9.57. The summed E-state index contributed by atoms with van der Waals surface area (Å²) in [6.07, 6.45) is 1.94. The van der Waals surface area contributed by atoms with E-state index in [-0.39, 0.29) is 17.0 Å². The lowest BCUT2D eigenvalue weighted by Gasteiger charge is -2.12. The van der Waals surface area contributed by atoms with Crippen LogP contribution in [-0.4, -0.2) is 30.3 Å². The molecule has 0 fully saturated rings. The fourth-order valence-electron chi connectivity index (χ4n) is 2.23. The molecule has 0 spiro atoms. The average Bonchev–Trinajstić information content (AvgIpc) is 2.54. The molecule has 25 heavy (non-hydrogen) atoms. The molecule has 0 saturated carbocycles. The van der Waals surface area contributed by atoms with Gasteiger partial charge in [0.2, 0.25) is 0 Å². The van der Waals surface area contributed by atoms with Gasteiger partial charge < -0.3 is 14.9 Å². The number of nitrogens with one attached hydrogen (secondary N) is 2. The van der Waals surface area contributed by atoms with Crippen LogP contribution in [0.25, 0.3) is 0 Å². The Morgan fingerprint density at radius 2 is 1.32 bits per heavy atom. The largest absolute Gasteiger partial charge is 0.364 e. The van der Waals surface area contributed by atoms with Crippen molar-refractivity contribution in [1.82, 2.24) is 9.97 Å². The van der Waals surface area contributed by atoms with Crippen LogP contribution in [0.5, 0.6) is 0 Å². The van der Waals surface area contributed by atoms with Gasteiger partial charge in [-0.15, -0.1) is 11.8 Å². The monoisotopic (exact) mass is 363 g/mol. The summed E-state index contributed by atoms with van der Waals surface area (Å²) in [4.78, 5) is 30.4. The minimum Gasteiger partial charge on any atom is -0.364 e. The highest BCUT2D eigenvalue weighted by Crippen LogP contribution is 2.13. The van der Waals surface area contributed by atoms with Crippen molar-refractivity contribution in [3.8, 4) is 0 Å². The van der Waals surface area contributed by atoms with E-state index in [2.05, 4.69) is 9.97 Å². The van der Waals surface area contributed by atoms with E-state index < -0.39 is 0 Å². The molecule has 2 aromatic rings. The van der Waals surface area contributed by atoms with Crippen molar-refractivity contribution in [2.75, 3.05) is 25.3 Å². The Kier molecular flexibility index (Phi) is 8.03. The molecule has 138 valence electrons. The number of pyridine rings is 2. The number of thioether (sulfide) groups is 1. The fraction of sp³-hybridized carbons (Fsp3) is 0.474. The molecule has 0 bridgehead atoms. The van der Waals surface area contributed by atoms with E-state index in [1.807, 2.05) is 77.2 Å². The molecular weight excluding hydrogens is 334 g/mol. The van der Waals surface area contributed by atoms with Crippen LogP contribution < -0.4 is 16.0 Å². The normalized spacial score (nSPS) is 10.6. The standard InChI is InChI=1S/C10H16N2O.C9H13NOS/c1-7(2)8-5-6-9(12(3)4)11-10(8)13;1-6(2)7-4-5-8(12-3)10-9(7)11/h5-7H,1-4H3,(H,11,13);4-6H,1-3H3,(H,10,11). The zero-order chi connectivity index (χ0) is 19.1. The van der Waals surface area contributed by atoms with Gasteiger partial charge in [-0.1, -0.05) is 33.8 Å². The summed E-state index contributed by atoms with van der Waals surface area (Å²) in [5.41, 5.74) is 1.75. The summed E-state index contributed by atoms with van der Waals surface area (Å²) in [7, 11) is 3.81. The Morgan fingerprint density at radius 1 is 0.840 bits per heavy atom. The second-order valence-corrected chi connectivity index (χ2v) is 7.49. The van der Waals surface area contributed by atoms with Crippen LogP contribution in [0.3, 0.4) is 0 Å². The van der Waals surface area contributed by atoms with E-state index in [1.54, 1.807) is 11.8 Å². The van der Waals surface area contributed by atoms with Crippen LogP contribution in [0.4, 0.5) is 5.82 Å². The van der Waals surface area contributed by atoms with E-state index in [0.29, 0.717) is 5.92 Å². The Bertz CT molecular complexity index is 792. The van der Waals surface area contributed by atoms with Gasteiger partial charge >= 0.3 is 0 Å². The SMILES string of the molecule is CC(C)c1ccc(N(C)C)[nH]c1=O.CSc1ccc(C(C)C)c(=O)[nH]1. The van der Waals surface area contributed by atoms with Gasteiger partial charge in [0.25, 0.3) is 11.1 Å². The fourth-order valence-corrected chi connectivity index (χ4v) is 2.63. The van der Waals surface area contributed by atoms with Crippen molar-refractivity contribution in [1.29, 1.82) is 0 Å². The number of hydrogen-bond acceptors (Lipinski definition) is 4. The molecule has 0 radical (unpaired) electrons. The van der Waals surface area contributed by atoms with Crippen molar-refractivity contribution < 1.29 is 0 Å². The Hall–Kier alpha value is -1.95. The second kappa shape index (κ2) is 9.51. The summed E-state index contributed by atoms with van der Waals surface area (Å²) in [6, 6.07) is 7.66. The summed E-state index contributed by atoms with van der Waals surface area (Å²) in [6.45, 7) is 8.06. The number of hydrogen-bond donors (Lipinski definition) is 2. The quantitative estimate of drug-likeness (QED) is 0.811.